The molecule has 0 radical (unpaired) electrons. The first-order valence-electron chi connectivity index (χ1n) is 5.82. The smallest absolute Gasteiger partial charge is 0.144 e. The Balaban J connectivity index is 2.17. The SMILES string of the molecule is CC(=Nc1ccccc1)C1CCC(C)C1=O. The predicted molar refractivity (Wildman–Crippen MR) is 66.1 cm³/mol. The Morgan fingerprint density at radius 1 is 1.25 bits per heavy atom. The standard InChI is InChI=1S/C14H17NO/c1-10-8-9-13(14(10)16)11(2)15-12-6-4-3-5-7-12/h3-7,10,13H,8-9H2,1-2H3. The summed E-state index contributed by atoms with van der Waals surface area (Å²) in [6, 6.07) is 9.83. The third-order valence-corrected chi connectivity index (χ3v) is 3.28. The van der Waals surface area contributed by atoms with Gasteiger partial charge in [-0.1, -0.05) is 25.1 Å². The molecule has 1 aliphatic carbocycles. The summed E-state index contributed by atoms with van der Waals surface area (Å²) in [6.07, 6.45) is 1.97. The van der Waals surface area contributed by atoms with Gasteiger partial charge < -0.3 is 0 Å². The van der Waals surface area contributed by atoms with E-state index in [9.17, 15) is 4.79 Å². The molecule has 0 amide bonds. The average Bonchev–Trinajstić information content (AvgIpc) is 2.61. The van der Waals surface area contributed by atoms with Gasteiger partial charge in [0.05, 0.1) is 11.6 Å². The summed E-state index contributed by atoms with van der Waals surface area (Å²) in [7, 11) is 0. The van der Waals surface area contributed by atoms with Crippen molar-refractivity contribution in [2.24, 2.45) is 16.8 Å². The molecular formula is C14H17NO. The lowest BCUT2D eigenvalue weighted by Crippen LogP contribution is -2.18. The minimum Gasteiger partial charge on any atom is -0.299 e. The molecule has 0 N–H and O–H groups in total. The number of rotatable bonds is 2. The van der Waals surface area contributed by atoms with E-state index < -0.39 is 0 Å². The normalized spacial score (nSPS) is 26.1. The Bertz CT molecular complexity index is 408. The van der Waals surface area contributed by atoms with Gasteiger partial charge in [-0.25, -0.2) is 0 Å². The lowest BCUT2D eigenvalue weighted by atomic mass is 10.00. The summed E-state index contributed by atoms with van der Waals surface area (Å²) in [5.74, 6) is 0.623. The second kappa shape index (κ2) is 4.60. The van der Waals surface area contributed by atoms with Crippen molar-refractivity contribution in [2.45, 2.75) is 26.7 Å². The van der Waals surface area contributed by atoms with Crippen molar-refractivity contribution in [3.8, 4) is 0 Å². The van der Waals surface area contributed by atoms with Crippen LogP contribution in [0.4, 0.5) is 5.69 Å². The molecule has 1 aliphatic rings. The van der Waals surface area contributed by atoms with Gasteiger partial charge in [0.2, 0.25) is 0 Å². The molecular weight excluding hydrogens is 198 g/mol. The molecule has 0 aliphatic heterocycles. The summed E-state index contributed by atoms with van der Waals surface area (Å²) in [6.45, 7) is 3.98. The summed E-state index contributed by atoms with van der Waals surface area (Å²) < 4.78 is 0. The number of nitrogens with zero attached hydrogens (tertiary/aromatic N) is 1. The number of hydrogen-bond donors (Lipinski definition) is 0. The highest BCUT2D eigenvalue weighted by atomic mass is 16.1. The lowest BCUT2D eigenvalue weighted by Gasteiger charge is -2.08. The molecule has 2 heteroatoms. The number of hydrogen-bond acceptors (Lipinski definition) is 2. The maximum Gasteiger partial charge on any atom is 0.144 e. The molecule has 1 fully saturated rings. The zero-order valence-electron chi connectivity index (χ0n) is 9.81. The van der Waals surface area contributed by atoms with Crippen molar-refractivity contribution < 1.29 is 4.79 Å². The Kier molecular flexibility index (Phi) is 3.18. The van der Waals surface area contributed by atoms with E-state index in [0.717, 1.165) is 24.2 Å². The molecule has 2 unspecified atom stereocenters. The van der Waals surface area contributed by atoms with Crippen LogP contribution in [0.1, 0.15) is 26.7 Å². The topological polar surface area (TPSA) is 29.4 Å². The maximum atomic E-state index is 11.9. The van der Waals surface area contributed by atoms with Crippen LogP contribution in [-0.4, -0.2) is 11.5 Å². The van der Waals surface area contributed by atoms with Crippen molar-refractivity contribution in [3.05, 3.63) is 30.3 Å². The minimum atomic E-state index is 0.0511. The molecule has 2 nitrogen and oxygen atoms in total. The van der Waals surface area contributed by atoms with Gasteiger partial charge in [0.15, 0.2) is 0 Å². The zero-order chi connectivity index (χ0) is 11.5. The van der Waals surface area contributed by atoms with Crippen molar-refractivity contribution in [2.75, 3.05) is 0 Å². The molecule has 0 spiro atoms. The molecule has 84 valence electrons. The molecule has 1 saturated carbocycles. The number of para-hydroxylation sites is 1. The van der Waals surface area contributed by atoms with Gasteiger partial charge in [-0.2, -0.15) is 0 Å². The van der Waals surface area contributed by atoms with Crippen molar-refractivity contribution in [1.29, 1.82) is 0 Å². The largest absolute Gasteiger partial charge is 0.299 e. The van der Waals surface area contributed by atoms with Crippen LogP contribution < -0.4 is 0 Å². The van der Waals surface area contributed by atoms with Gasteiger partial charge in [0, 0.05) is 11.6 Å². The van der Waals surface area contributed by atoms with Crippen LogP contribution >= 0.6 is 0 Å². The third kappa shape index (κ3) is 2.21. The van der Waals surface area contributed by atoms with E-state index in [1.54, 1.807) is 0 Å². The van der Waals surface area contributed by atoms with Gasteiger partial charge in [-0.15, -0.1) is 0 Å². The Morgan fingerprint density at radius 3 is 2.50 bits per heavy atom. The van der Waals surface area contributed by atoms with Crippen LogP contribution in [0.3, 0.4) is 0 Å². The zero-order valence-corrected chi connectivity index (χ0v) is 9.81. The molecule has 2 rings (SSSR count). The number of Topliss-reactive ketones (excluding diaryl/α,β-unsaturated/α-hetero) is 1. The van der Waals surface area contributed by atoms with Crippen molar-refractivity contribution >= 4 is 17.2 Å². The number of carbonyl (C=O) groups excluding carboxylic acids is 1. The van der Waals surface area contributed by atoms with Gasteiger partial charge in [0.1, 0.15) is 5.78 Å². The van der Waals surface area contributed by atoms with Crippen molar-refractivity contribution in [1.82, 2.24) is 0 Å². The van der Waals surface area contributed by atoms with E-state index in [1.165, 1.54) is 0 Å². The molecule has 1 aromatic carbocycles. The quantitative estimate of drug-likeness (QED) is 0.695. The first kappa shape index (κ1) is 11.1. The summed E-state index contributed by atoms with van der Waals surface area (Å²) in [5, 5.41) is 0. The molecule has 0 saturated heterocycles. The number of benzene rings is 1. The average molecular weight is 215 g/mol. The van der Waals surface area contributed by atoms with Crippen molar-refractivity contribution in [3.63, 3.8) is 0 Å². The van der Waals surface area contributed by atoms with Gasteiger partial charge >= 0.3 is 0 Å². The second-order valence-corrected chi connectivity index (χ2v) is 4.52. The minimum absolute atomic E-state index is 0.0511. The highest BCUT2D eigenvalue weighted by Gasteiger charge is 2.32. The molecule has 16 heavy (non-hydrogen) atoms. The fourth-order valence-corrected chi connectivity index (χ4v) is 2.24. The molecule has 2 atom stereocenters. The first-order chi connectivity index (χ1) is 7.68. The van der Waals surface area contributed by atoms with E-state index >= 15 is 0 Å². The van der Waals surface area contributed by atoms with Gasteiger partial charge in [-0.05, 0) is 31.9 Å². The van der Waals surface area contributed by atoms with E-state index in [2.05, 4.69) is 4.99 Å². The number of aliphatic imine (C=N–C) groups is 1. The van der Waals surface area contributed by atoms with Crippen LogP contribution in [0.2, 0.25) is 0 Å². The second-order valence-electron chi connectivity index (χ2n) is 4.52. The third-order valence-electron chi connectivity index (χ3n) is 3.28. The number of ketones is 1. The highest BCUT2D eigenvalue weighted by molar-refractivity contribution is 6.06. The van der Waals surface area contributed by atoms with Gasteiger partial charge in [-0.3, -0.25) is 9.79 Å². The predicted octanol–water partition coefficient (Wildman–Crippen LogP) is 3.39. The van der Waals surface area contributed by atoms with Crippen LogP contribution in [0.15, 0.2) is 35.3 Å². The van der Waals surface area contributed by atoms with E-state index in [0.29, 0.717) is 5.78 Å². The monoisotopic (exact) mass is 215 g/mol. The van der Waals surface area contributed by atoms with Crippen LogP contribution in [-0.2, 0) is 4.79 Å². The fourth-order valence-electron chi connectivity index (χ4n) is 2.24. The van der Waals surface area contributed by atoms with Crippen LogP contribution in [0.25, 0.3) is 0 Å². The van der Waals surface area contributed by atoms with Crippen LogP contribution in [0, 0.1) is 11.8 Å². The Morgan fingerprint density at radius 2 is 1.94 bits per heavy atom. The fraction of sp³-hybridized carbons (Fsp3) is 0.429. The Labute approximate surface area is 96.4 Å². The summed E-state index contributed by atoms with van der Waals surface area (Å²) >= 11 is 0. The first-order valence-corrected chi connectivity index (χ1v) is 5.82. The number of carbonyl (C=O) groups is 1. The van der Waals surface area contributed by atoms with E-state index in [1.807, 2.05) is 44.2 Å². The van der Waals surface area contributed by atoms with Crippen LogP contribution in [0.5, 0.6) is 0 Å². The molecule has 1 aromatic rings. The summed E-state index contributed by atoms with van der Waals surface area (Å²) in [4.78, 5) is 16.4. The molecule has 0 heterocycles. The maximum absolute atomic E-state index is 11.9. The van der Waals surface area contributed by atoms with Gasteiger partial charge in [0.25, 0.3) is 0 Å². The van der Waals surface area contributed by atoms with E-state index in [-0.39, 0.29) is 11.8 Å². The highest BCUT2D eigenvalue weighted by Crippen LogP contribution is 2.28. The molecule has 0 aromatic heterocycles. The Hall–Kier alpha value is -1.44. The lowest BCUT2D eigenvalue weighted by molar-refractivity contribution is -0.121. The molecule has 0 bridgehead atoms. The van der Waals surface area contributed by atoms with E-state index in [4.69, 9.17) is 0 Å². The summed E-state index contributed by atoms with van der Waals surface area (Å²) in [5.41, 5.74) is 1.90.